The first-order valence-electron chi connectivity index (χ1n) is 4.99. The molecule has 0 saturated heterocycles. The van der Waals surface area contributed by atoms with E-state index >= 15 is 0 Å². The third kappa shape index (κ3) is 4.11. The van der Waals surface area contributed by atoms with E-state index in [1.165, 1.54) is 0 Å². The summed E-state index contributed by atoms with van der Waals surface area (Å²) in [4.78, 5) is 25.0. The highest BCUT2D eigenvalue weighted by atomic mass is 16.4. The third-order valence-electron chi connectivity index (χ3n) is 2.06. The molecular formula is C9H13BN4O3. The second-order valence-corrected chi connectivity index (χ2v) is 3.29. The van der Waals surface area contributed by atoms with E-state index in [2.05, 4.69) is 15.5 Å². The zero-order valence-corrected chi connectivity index (χ0v) is 9.09. The molecule has 7 nitrogen and oxygen atoms in total. The van der Waals surface area contributed by atoms with Gasteiger partial charge in [-0.3, -0.25) is 4.79 Å². The number of carbonyl (C=O) groups is 2. The maximum absolute atomic E-state index is 10.8. The fourth-order valence-electron chi connectivity index (χ4n) is 1.20. The molecule has 8 heteroatoms. The molecule has 17 heavy (non-hydrogen) atoms. The minimum Gasteiger partial charge on any atom is -0.480 e. The van der Waals surface area contributed by atoms with Crippen molar-refractivity contribution in [3.8, 4) is 0 Å². The summed E-state index contributed by atoms with van der Waals surface area (Å²) in [6.45, 7) is 0.0877. The molecule has 0 aromatic carbocycles. The van der Waals surface area contributed by atoms with Crippen molar-refractivity contribution in [2.24, 2.45) is 0 Å². The highest BCUT2D eigenvalue weighted by Crippen LogP contribution is 2.12. The van der Waals surface area contributed by atoms with Gasteiger partial charge >= 0.3 is 5.97 Å². The molecule has 1 heterocycles. The molecule has 0 aliphatic rings. The van der Waals surface area contributed by atoms with Crippen LogP contribution in [0.3, 0.4) is 0 Å². The van der Waals surface area contributed by atoms with Crippen molar-refractivity contribution in [2.45, 2.75) is 6.04 Å². The van der Waals surface area contributed by atoms with Crippen LogP contribution in [0.1, 0.15) is 0 Å². The van der Waals surface area contributed by atoms with Crippen LogP contribution in [0, 0.1) is 0 Å². The normalized spacial score (nSPS) is 11.5. The van der Waals surface area contributed by atoms with E-state index in [4.69, 9.17) is 10.8 Å². The molecule has 0 aliphatic heterocycles. The van der Waals surface area contributed by atoms with Gasteiger partial charge in [0.05, 0.1) is 11.9 Å². The van der Waals surface area contributed by atoms with Gasteiger partial charge in [0.2, 0.25) is 0 Å². The van der Waals surface area contributed by atoms with E-state index in [9.17, 15) is 9.59 Å². The summed E-state index contributed by atoms with van der Waals surface area (Å²) in [7, 11) is -0.0175. The average Bonchev–Trinajstić information content (AvgIpc) is 2.31. The molecular weight excluding hydrogens is 223 g/mol. The van der Waals surface area contributed by atoms with Crippen molar-refractivity contribution in [1.82, 2.24) is 10.2 Å². The Hall–Kier alpha value is -2.09. The minimum absolute atomic E-state index is 0.0175. The van der Waals surface area contributed by atoms with Gasteiger partial charge in [-0.15, -0.1) is 0 Å². The Bertz CT molecular complexity index is 402. The van der Waals surface area contributed by atoms with Crippen molar-refractivity contribution in [1.29, 1.82) is 0 Å². The monoisotopic (exact) mass is 236 g/mol. The zero-order valence-electron chi connectivity index (χ0n) is 9.09. The standard InChI is InChI=1S/C9H13BN4O3/c11-6-2-1-3-12-8(6)13-4-7(9(16)17)14-10-5-15/h1-3,5,7,10,14H,4,11H2,(H,12,13)(H,16,17)/t7-/m0/s1. The maximum atomic E-state index is 10.8. The van der Waals surface area contributed by atoms with Gasteiger partial charge in [-0.25, -0.2) is 4.98 Å². The summed E-state index contributed by atoms with van der Waals surface area (Å²) >= 11 is 0. The highest BCUT2D eigenvalue weighted by molar-refractivity contribution is 6.64. The number of carboxylic acid groups (broad SMARTS) is 1. The summed E-state index contributed by atoms with van der Waals surface area (Å²) in [5, 5.41) is 14.2. The lowest BCUT2D eigenvalue weighted by atomic mass is 9.96. The van der Waals surface area contributed by atoms with Gasteiger partial charge in [-0.2, -0.15) is 0 Å². The minimum atomic E-state index is -1.05. The fourth-order valence-corrected chi connectivity index (χ4v) is 1.20. The number of carbonyl (C=O) groups excluding carboxylic acids is 1. The fraction of sp³-hybridized carbons (Fsp3) is 0.222. The first-order chi connectivity index (χ1) is 8.15. The molecule has 90 valence electrons. The Balaban J connectivity index is 2.54. The number of carboxylic acids is 1. The van der Waals surface area contributed by atoms with Gasteiger partial charge in [-0.05, 0) is 12.1 Å². The van der Waals surface area contributed by atoms with Crippen LogP contribution in [-0.4, -0.2) is 42.2 Å². The average molecular weight is 236 g/mol. The van der Waals surface area contributed by atoms with E-state index in [0.29, 0.717) is 17.7 Å². The van der Waals surface area contributed by atoms with Gasteiger partial charge in [0, 0.05) is 12.7 Å². The van der Waals surface area contributed by atoms with Gasteiger partial charge in [0.15, 0.2) is 0 Å². The molecule has 0 unspecified atom stereocenters. The first kappa shape index (κ1) is 13.0. The summed E-state index contributed by atoms with van der Waals surface area (Å²) in [6, 6.07) is 2.46. The molecule has 5 N–H and O–H groups in total. The summed E-state index contributed by atoms with van der Waals surface area (Å²) in [5.41, 5.74) is 6.07. The lowest BCUT2D eigenvalue weighted by molar-refractivity contribution is -0.138. The second kappa shape index (κ2) is 6.49. The Morgan fingerprint density at radius 1 is 1.71 bits per heavy atom. The maximum Gasteiger partial charge on any atom is 0.321 e. The molecule has 0 spiro atoms. The van der Waals surface area contributed by atoms with Gasteiger partial charge in [0.25, 0.3) is 7.41 Å². The number of hydrogen-bond acceptors (Lipinski definition) is 6. The number of nitrogens with one attached hydrogen (secondary N) is 2. The zero-order chi connectivity index (χ0) is 12.7. The van der Waals surface area contributed by atoms with Crippen LogP contribution in [0.4, 0.5) is 11.5 Å². The van der Waals surface area contributed by atoms with Crippen molar-refractivity contribution < 1.29 is 14.7 Å². The predicted molar refractivity (Wildman–Crippen MR) is 65.6 cm³/mol. The number of aromatic nitrogens is 1. The van der Waals surface area contributed by atoms with E-state index in [-0.39, 0.29) is 14.0 Å². The number of nitrogen functional groups attached to an aromatic ring is 1. The summed E-state index contributed by atoms with van der Waals surface area (Å²) in [6.07, 6.45) is 2.15. The van der Waals surface area contributed by atoms with Crippen LogP contribution in [0.5, 0.6) is 0 Å². The number of anilines is 2. The summed E-state index contributed by atoms with van der Waals surface area (Å²) < 4.78 is 0. The molecule has 1 rings (SSSR count). The summed E-state index contributed by atoms with van der Waals surface area (Å²) in [5.74, 6) is -0.625. The topological polar surface area (TPSA) is 117 Å². The van der Waals surface area contributed by atoms with Gasteiger partial charge < -0.3 is 26.2 Å². The van der Waals surface area contributed by atoms with Crippen LogP contribution >= 0.6 is 0 Å². The molecule has 0 amide bonds. The van der Waals surface area contributed by atoms with E-state index < -0.39 is 12.0 Å². The SMILES string of the molecule is Nc1cccnc1NC[C@H](NBC=O)C(=O)O. The van der Waals surface area contributed by atoms with E-state index in [1.54, 1.807) is 18.3 Å². The number of hydrogen-bond donors (Lipinski definition) is 4. The Morgan fingerprint density at radius 2 is 2.47 bits per heavy atom. The molecule has 0 bridgehead atoms. The molecule has 1 atom stereocenters. The van der Waals surface area contributed by atoms with Crippen molar-refractivity contribution in [3.05, 3.63) is 18.3 Å². The predicted octanol–water partition coefficient (Wildman–Crippen LogP) is -1.34. The van der Waals surface area contributed by atoms with Gasteiger partial charge in [0.1, 0.15) is 11.9 Å². The lowest BCUT2D eigenvalue weighted by Crippen LogP contribution is -2.44. The number of aliphatic carboxylic acids is 1. The number of nitrogens with zero attached hydrogens (tertiary/aromatic N) is 1. The second-order valence-electron chi connectivity index (χ2n) is 3.29. The van der Waals surface area contributed by atoms with Crippen LogP contribution < -0.4 is 16.3 Å². The van der Waals surface area contributed by atoms with E-state index in [0.717, 1.165) is 0 Å². The Kier molecular flexibility index (Phi) is 4.95. The Labute approximate surface area is 98.7 Å². The molecule has 0 saturated carbocycles. The van der Waals surface area contributed by atoms with Crippen molar-refractivity contribution in [3.63, 3.8) is 0 Å². The molecule has 0 aliphatic carbocycles. The van der Waals surface area contributed by atoms with Gasteiger partial charge in [-0.1, -0.05) is 0 Å². The molecule has 1 aromatic heterocycles. The molecule has 0 radical (unpaired) electrons. The lowest BCUT2D eigenvalue weighted by Gasteiger charge is -2.14. The largest absolute Gasteiger partial charge is 0.480 e. The smallest absolute Gasteiger partial charge is 0.321 e. The number of pyridine rings is 1. The van der Waals surface area contributed by atoms with Crippen LogP contribution in [-0.2, 0) is 9.59 Å². The quantitative estimate of drug-likeness (QED) is 0.342. The third-order valence-corrected chi connectivity index (χ3v) is 2.06. The van der Waals surface area contributed by atoms with Crippen LogP contribution in [0.25, 0.3) is 0 Å². The van der Waals surface area contributed by atoms with Crippen molar-refractivity contribution in [2.75, 3.05) is 17.6 Å². The van der Waals surface area contributed by atoms with Crippen LogP contribution in [0.2, 0.25) is 0 Å². The van der Waals surface area contributed by atoms with Crippen molar-refractivity contribution >= 4 is 31.1 Å². The molecule has 1 aromatic rings. The molecule has 0 fully saturated rings. The first-order valence-corrected chi connectivity index (χ1v) is 4.99. The highest BCUT2D eigenvalue weighted by Gasteiger charge is 2.16. The number of rotatable bonds is 7. The Morgan fingerprint density at radius 3 is 3.06 bits per heavy atom. The number of nitrogens with two attached hydrogens (primary N) is 1. The van der Waals surface area contributed by atoms with Crippen LogP contribution in [0.15, 0.2) is 18.3 Å². The van der Waals surface area contributed by atoms with E-state index in [1.807, 2.05) is 0 Å².